The van der Waals surface area contributed by atoms with E-state index in [9.17, 15) is 18.4 Å². The van der Waals surface area contributed by atoms with E-state index in [1.165, 1.54) is 83.5 Å². The van der Waals surface area contributed by atoms with Crippen molar-refractivity contribution in [3.63, 3.8) is 0 Å². The van der Waals surface area contributed by atoms with E-state index in [0.717, 1.165) is 136 Å². The number of halogens is 2. The maximum Gasteiger partial charge on any atom is 0.340 e. The molecule has 0 heterocycles. The van der Waals surface area contributed by atoms with Gasteiger partial charge >= 0.3 is 11.9 Å². The number of ether oxygens (including phenoxy) is 6. The zero-order valence-corrected chi connectivity index (χ0v) is 49.1. The van der Waals surface area contributed by atoms with Gasteiger partial charge in [0.05, 0.1) is 26.4 Å². The van der Waals surface area contributed by atoms with Gasteiger partial charge in [0.2, 0.25) is 0 Å². The van der Waals surface area contributed by atoms with Gasteiger partial charge in [0, 0.05) is 0 Å². The quantitative estimate of drug-likeness (QED) is 0.0326. The van der Waals surface area contributed by atoms with E-state index in [-0.39, 0.29) is 25.0 Å². The molecule has 0 radical (unpaired) electrons. The molecule has 2 atom stereocenters. The molecule has 0 spiro atoms. The molecule has 6 rings (SSSR count). The first-order valence-corrected chi connectivity index (χ1v) is 31.3. The Bertz CT molecular complexity index is 2170. The van der Waals surface area contributed by atoms with Gasteiger partial charge in [-0.2, -0.15) is 0 Å². The molecule has 0 aromatic heterocycles. The third-order valence-corrected chi connectivity index (χ3v) is 15.6. The van der Waals surface area contributed by atoms with Gasteiger partial charge in [-0.3, -0.25) is 0 Å². The molecule has 4 aromatic carbocycles. The molecule has 2 fully saturated rings. The molecule has 0 bridgehead atoms. The first-order valence-electron chi connectivity index (χ1n) is 31.3. The average Bonchev–Trinajstić information content (AvgIpc) is 3.49. The number of esters is 2. The molecular formula is C69H100F2O8. The van der Waals surface area contributed by atoms with Crippen molar-refractivity contribution in [1.82, 2.24) is 0 Å². The fraction of sp³-hybridized carbons (Fsp3) is 0.623. The Morgan fingerprint density at radius 2 is 0.633 bits per heavy atom. The highest BCUT2D eigenvalue weighted by Gasteiger charge is 2.29. The second-order valence-corrected chi connectivity index (χ2v) is 22.4. The summed E-state index contributed by atoms with van der Waals surface area (Å²) in [5.41, 5.74) is 4.61. The van der Waals surface area contributed by atoms with Crippen molar-refractivity contribution < 1.29 is 46.8 Å². The van der Waals surface area contributed by atoms with Gasteiger partial charge < -0.3 is 28.4 Å². The standard InChI is InChI=1S/C35H51FO4.C34H49FO4/c1-3-5-7-8-9-10-11-12-26-38-31-22-16-29(17-23-31)30-18-24-32(25-19-30)39-27-28-14-20-33(21-15-28)40-35(37)34(36)13-6-4-2;1-3-5-7-8-9-10-11-25-37-30-21-15-28(16-22-30)29-17-23-31(24-18-29)38-26-27-13-19-32(20-14-27)39-34(36)33(35)12-6-4-2/h16-19,22-25,28,33-34H,3-15,20-21,26-27H2,1-2H3;15-18,21-24,27,32-33H,3-14,19-20,25-26H2,1-2H3/t28?,33?,34-;27?,32?,33-/m00/s1. The molecule has 438 valence electrons. The van der Waals surface area contributed by atoms with Crippen molar-refractivity contribution >= 4 is 11.9 Å². The summed E-state index contributed by atoms with van der Waals surface area (Å²) in [6.45, 7) is 11.3. The van der Waals surface area contributed by atoms with Crippen molar-refractivity contribution in [2.24, 2.45) is 11.8 Å². The Morgan fingerprint density at radius 1 is 0.367 bits per heavy atom. The van der Waals surface area contributed by atoms with Crippen LogP contribution in [0.15, 0.2) is 97.1 Å². The lowest BCUT2D eigenvalue weighted by Gasteiger charge is -2.28. The van der Waals surface area contributed by atoms with Crippen LogP contribution >= 0.6 is 0 Å². The predicted octanol–water partition coefficient (Wildman–Crippen LogP) is 19.4. The summed E-state index contributed by atoms with van der Waals surface area (Å²) in [6, 6.07) is 33.1. The molecule has 79 heavy (non-hydrogen) atoms. The van der Waals surface area contributed by atoms with Crippen molar-refractivity contribution in [3.8, 4) is 45.3 Å². The van der Waals surface area contributed by atoms with Crippen LogP contribution in [0.25, 0.3) is 22.3 Å². The largest absolute Gasteiger partial charge is 0.494 e. The first kappa shape index (κ1) is 64.7. The Kier molecular flexibility index (Phi) is 32.2. The van der Waals surface area contributed by atoms with Crippen LogP contribution in [0.2, 0.25) is 0 Å². The van der Waals surface area contributed by atoms with Crippen molar-refractivity contribution in [2.75, 3.05) is 26.4 Å². The highest BCUT2D eigenvalue weighted by atomic mass is 19.1. The number of hydrogen-bond acceptors (Lipinski definition) is 8. The van der Waals surface area contributed by atoms with Crippen LogP contribution in [0.3, 0.4) is 0 Å². The third-order valence-electron chi connectivity index (χ3n) is 15.6. The predicted molar refractivity (Wildman–Crippen MR) is 319 cm³/mol. The minimum Gasteiger partial charge on any atom is -0.494 e. The first-order chi connectivity index (χ1) is 38.7. The fourth-order valence-electron chi connectivity index (χ4n) is 10.4. The molecule has 0 N–H and O–H groups in total. The molecule has 2 aliphatic carbocycles. The van der Waals surface area contributed by atoms with E-state index in [1.807, 2.05) is 50.2 Å². The van der Waals surface area contributed by atoms with Crippen LogP contribution < -0.4 is 18.9 Å². The van der Waals surface area contributed by atoms with E-state index >= 15 is 0 Å². The van der Waals surface area contributed by atoms with Gasteiger partial charge in [-0.15, -0.1) is 0 Å². The number of carbonyl (C=O) groups excluding carboxylic acids is 2. The number of hydrogen-bond donors (Lipinski definition) is 0. The molecule has 4 aromatic rings. The second kappa shape index (κ2) is 39.3. The molecule has 10 heteroatoms. The summed E-state index contributed by atoms with van der Waals surface area (Å²) < 4.78 is 62.6. The molecule has 2 aliphatic rings. The van der Waals surface area contributed by atoms with E-state index in [4.69, 9.17) is 28.4 Å². The van der Waals surface area contributed by atoms with E-state index in [1.54, 1.807) is 0 Å². The van der Waals surface area contributed by atoms with Crippen molar-refractivity contribution in [1.29, 1.82) is 0 Å². The topological polar surface area (TPSA) is 89.5 Å². The smallest absolute Gasteiger partial charge is 0.340 e. The monoisotopic (exact) mass is 1090 g/mol. The molecule has 2 saturated carbocycles. The fourth-order valence-corrected chi connectivity index (χ4v) is 10.4. The number of benzene rings is 4. The van der Waals surface area contributed by atoms with Crippen LogP contribution in [0.5, 0.6) is 23.0 Å². The van der Waals surface area contributed by atoms with Gasteiger partial charge in [-0.1, -0.05) is 185 Å². The van der Waals surface area contributed by atoms with Gasteiger partial charge in [-0.05, 0) is 160 Å². The number of rotatable bonds is 37. The Morgan fingerprint density at radius 3 is 0.924 bits per heavy atom. The van der Waals surface area contributed by atoms with Gasteiger partial charge in [0.25, 0.3) is 0 Å². The lowest BCUT2D eigenvalue weighted by Crippen LogP contribution is -2.30. The highest BCUT2D eigenvalue weighted by molar-refractivity contribution is 5.75. The van der Waals surface area contributed by atoms with Gasteiger partial charge in [0.15, 0.2) is 12.3 Å². The summed E-state index contributed by atoms with van der Waals surface area (Å²) in [5, 5.41) is 0. The normalized spacial score (nSPS) is 17.8. The van der Waals surface area contributed by atoms with E-state index in [2.05, 4.69) is 74.5 Å². The minimum absolute atomic E-state index is 0.162. The number of carbonyl (C=O) groups is 2. The Hall–Kier alpha value is -5.12. The zero-order chi connectivity index (χ0) is 56.1. The van der Waals surface area contributed by atoms with Crippen LogP contribution in [-0.4, -0.2) is 62.9 Å². The average molecular weight is 1100 g/mol. The zero-order valence-electron chi connectivity index (χ0n) is 49.1. The maximum atomic E-state index is 13.9. The van der Waals surface area contributed by atoms with E-state index in [0.29, 0.717) is 37.9 Å². The second-order valence-electron chi connectivity index (χ2n) is 22.4. The van der Waals surface area contributed by atoms with Crippen LogP contribution in [0.4, 0.5) is 8.78 Å². The van der Waals surface area contributed by atoms with Crippen molar-refractivity contribution in [2.45, 2.75) is 238 Å². The van der Waals surface area contributed by atoms with Crippen LogP contribution in [-0.2, 0) is 19.1 Å². The number of unbranched alkanes of at least 4 members (excludes halogenated alkanes) is 15. The molecule has 0 aliphatic heterocycles. The Balaban J connectivity index is 0.000000291. The summed E-state index contributed by atoms with van der Waals surface area (Å²) in [7, 11) is 0. The maximum absolute atomic E-state index is 13.9. The minimum atomic E-state index is -1.49. The summed E-state index contributed by atoms with van der Waals surface area (Å²) in [5.74, 6) is 3.05. The molecule has 0 amide bonds. The van der Waals surface area contributed by atoms with Crippen LogP contribution in [0.1, 0.15) is 214 Å². The molecule has 0 unspecified atom stereocenters. The lowest BCUT2D eigenvalue weighted by atomic mass is 9.88. The number of alkyl halides is 2. The molecular weight excluding hydrogens is 995 g/mol. The Labute approximate surface area is 475 Å². The molecule has 8 nitrogen and oxygen atoms in total. The van der Waals surface area contributed by atoms with Gasteiger partial charge in [-0.25, -0.2) is 18.4 Å². The summed E-state index contributed by atoms with van der Waals surface area (Å²) >= 11 is 0. The summed E-state index contributed by atoms with van der Waals surface area (Å²) in [4.78, 5) is 23.9. The van der Waals surface area contributed by atoms with Gasteiger partial charge in [0.1, 0.15) is 35.2 Å². The van der Waals surface area contributed by atoms with Crippen LogP contribution in [0, 0.1) is 11.8 Å². The third kappa shape index (κ3) is 26.3. The van der Waals surface area contributed by atoms with E-state index < -0.39 is 24.3 Å². The summed E-state index contributed by atoms with van der Waals surface area (Å²) in [6.07, 6.45) is 26.7. The SMILES string of the molecule is CCCCCCCCCCOc1ccc(-c2ccc(OCC3CCC(OC(=O)[C@@H](F)CCCC)CC3)cc2)cc1.CCCCCCCCCOc1ccc(-c2ccc(OCC3CCC(OC(=O)[C@@H](F)CCCC)CC3)cc2)cc1. The lowest BCUT2D eigenvalue weighted by molar-refractivity contribution is -0.158. The highest BCUT2D eigenvalue weighted by Crippen LogP contribution is 2.32. The molecule has 0 saturated heterocycles. The van der Waals surface area contributed by atoms with Crippen molar-refractivity contribution in [3.05, 3.63) is 97.1 Å².